The molecular formula is C25H22FN7O3. The van der Waals surface area contributed by atoms with Crippen LogP contribution < -0.4 is 20.9 Å². The number of amides is 4. The van der Waals surface area contributed by atoms with Crippen LogP contribution in [0.5, 0.6) is 0 Å². The SMILES string of the molecule is CNC(=O)N1C[C@H](NC(=O)c2cc(C(=O)NCc3ccc(F)c(C)c3)ncn2)c2ccc(C#N)cc21. The molecular weight excluding hydrogens is 465 g/mol. The van der Waals surface area contributed by atoms with Crippen LogP contribution in [0.2, 0.25) is 0 Å². The number of halogens is 1. The second kappa shape index (κ2) is 10.2. The summed E-state index contributed by atoms with van der Waals surface area (Å²) in [6.45, 7) is 1.95. The van der Waals surface area contributed by atoms with Crippen molar-refractivity contribution >= 4 is 23.5 Å². The van der Waals surface area contributed by atoms with Crippen molar-refractivity contribution in [3.63, 3.8) is 0 Å². The molecule has 0 unspecified atom stereocenters. The molecule has 0 radical (unpaired) electrons. The second-order valence-electron chi connectivity index (χ2n) is 8.13. The van der Waals surface area contributed by atoms with Crippen LogP contribution in [0.15, 0.2) is 48.8 Å². The number of nitriles is 1. The highest BCUT2D eigenvalue weighted by atomic mass is 19.1. The predicted molar refractivity (Wildman–Crippen MR) is 128 cm³/mol. The Morgan fingerprint density at radius 3 is 2.56 bits per heavy atom. The number of benzene rings is 2. The van der Waals surface area contributed by atoms with Gasteiger partial charge in [-0.25, -0.2) is 19.2 Å². The Balaban J connectivity index is 1.47. The number of hydrogen-bond donors (Lipinski definition) is 3. The van der Waals surface area contributed by atoms with Gasteiger partial charge in [-0.2, -0.15) is 5.26 Å². The maximum Gasteiger partial charge on any atom is 0.321 e. The first kappa shape index (κ1) is 24.3. The first-order chi connectivity index (χ1) is 17.3. The first-order valence-corrected chi connectivity index (χ1v) is 11.0. The minimum absolute atomic E-state index is 0.00791. The maximum atomic E-state index is 13.4. The molecule has 1 aliphatic heterocycles. The summed E-state index contributed by atoms with van der Waals surface area (Å²) in [5, 5.41) is 17.3. The fourth-order valence-electron chi connectivity index (χ4n) is 3.90. The zero-order valence-corrected chi connectivity index (χ0v) is 19.5. The van der Waals surface area contributed by atoms with Gasteiger partial charge < -0.3 is 16.0 Å². The lowest BCUT2D eigenvalue weighted by Gasteiger charge is -2.17. The predicted octanol–water partition coefficient (Wildman–Crippen LogP) is 2.36. The number of anilines is 1. The van der Waals surface area contributed by atoms with Crippen LogP contribution in [-0.4, -0.2) is 41.4 Å². The number of aromatic nitrogens is 2. The molecule has 36 heavy (non-hydrogen) atoms. The van der Waals surface area contributed by atoms with Crippen LogP contribution in [0.25, 0.3) is 0 Å². The van der Waals surface area contributed by atoms with Gasteiger partial charge in [0, 0.05) is 25.2 Å². The number of nitrogens with zero attached hydrogens (tertiary/aromatic N) is 4. The molecule has 4 rings (SSSR count). The van der Waals surface area contributed by atoms with E-state index in [0.29, 0.717) is 22.4 Å². The molecule has 3 aromatic rings. The van der Waals surface area contributed by atoms with Crippen molar-refractivity contribution in [2.75, 3.05) is 18.5 Å². The molecule has 0 aliphatic carbocycles. The van der Waals surface area contributed by atoms with E-state index in [1.54, 1.807) is 37.3 Å². The molecule has 1 atom stereocenters. The largest absolute Gasteiger partial charge is 0.347 e. The van der Waals surface area contributed by atoms with E-state index in [9.17, 15) is 24.0 Å². The Bertz CT molecular complexity index is 1400. The minimum atomic E-state index is -0.556. The standard InChI is InChI=1S/C25H22FN7O3/c1-14-7-16(4-6-18(14)26)11-29-23(34)19-9-20(31-13-30-19)24(35)32-21-12-33(25(36)28-2)22-8-15(10-27)3-5-17(21)22/h3-9,13,21H,11-12H2,1-2H3,(H,28,36)(H,29,34)(H,32,35)/t21-/m0/s1. The third kappa shape index (κ3) is 4.97. The summed E-state index contributed by atoms with van der Waals surface area (Å²) >= 11 is 0. The Hall–Kier alpha value is -4.85. The topological polar surface area (TPSA) is 140 Å². The van der Waals surface area contributed by atoms with E-state index >= 15 is 0 Å². The van der Waals surface area contributed by atoms with Crippen molar-refractivity contribution in [2.45, 2.75) is 19.5 Å². The van der Waals surface area contributed by atoms with Crippen LogP contribution in [0.1, 0.15) is 49.3 Å². The van der Waals surface area contributed by atoms with Gasteiger partial charge in [-0.1, -0.05) is 18.2 Å². The minimum Gasteiger partial charge on any atom is -0.347 e. The summed E-state index contributed by atoms with van der Waals surface area (Å²) in [4.78, 5) is 47.2. The number of carbonyl (C=O) groups excluding carboxylic acids is 3. The first-order valence-electron chi connectivity index (χ1n) is 11.0. The van der Waals surface area contributed by atoms with Crippen molar-refractivity contribution in [2.24, 2.45) is 0 Å². The van der Waals surface area contributed by atoms with Crippen molar-refractivity contribution in [1.82, 2.24) is 25.9 Å². The Kier molecular flexibility index (Phi) is 6.87. The van der Waals surface area contributed by atoms with E-state index in [2.05, 4.69) is 25.9 Å². The molecule has 0 spiro atoms. The Labute approximate surface area is 206 Å². The average Bonchev–Trinajstić information content (AvgIpc) is 3.26. The Morgan fingerprint density at radius 2 is 1.86 bits per heavy atom. The summed E-state index contributed by atoms with van der Waals surface area (Å²) in [6.07, 6.45) is 1.12. The lowest BCUT2D eigenvalue weighted by molar-refractivity contribution is 0.0933. The van der Waals surface area contributed by atoms with Gasteiger partial charge in [-0.05, 0) is 36.2 Å². The molecule has 10 nitrogen and oxygen atoms in total. The molecule has 3 N–H and O–H groups in total. The normalized spacial score (nSPS) is 13.9. The van der Waals surface area contributed by atoms with Gasteiger partial charge in [0.1, 0.15) is 23.5 Å². The molecule has 4 amide bonds. The third-order valence-electron chi connectivity index (χ3n) is 5.76. The summed E-state index contributed by atoms with van der Waals surface area (Å²) in [7, 11) is 1.49. The van der Waals surface area contributed by atoms with Gasteiger partial charge in [-0.15, -0.1) is 0 Å². The number of urea groups is 1. The van der Waals surface area contributed by atoms with Gasteiger partial charge in [0.2, 0.25) is 0 Å². The Morgan fingerprint density at radius 1 is 1.11 bits per heavy atom. The highest BCUT2D eigenvalue weighted by Crippen LogP contribution is 2.35. The number of carbonyl (C=O) groups is 3. The van der Waals surface area contributed by atoms with Crippen LogP contribution in [0, 0.1) is 24.1 Å². The van der Waals surface area contributed by atoms with Gasteiger partial charge in [0.05, 0.1) is 29.9 Å². The van der Waals surface area contributed by atoms with E-state index in [1.807, 2.05) is 6.07 Å². The molecule has 0 saturated carbocycles. The highest BCUT2D eigenvalue weighted by Gasteiger charge is 2.33. The van der Waals surface area contributed by atoms with Crippen molar-refractivity contribution in [3.8, 4) is 6.07 Å². The van der Waals surface area contributed by atoms with Crippen molar-refractivity contribution in [1.29, 1.82) is 5.26 Å². The molecule has 1 aromatic heterocycles. The number of fused-ring (bicyclic) bond motifs is 1. The lowest BCUT2D eigenvalue weighted by atomic mass is 10.1. The number of hydrogen-bond acceptors (Lipinski definition) is 6. The molecule has 2 heterocycles. The van der Waals surface area contributed by atoms with Crippen LogP contribution in [0.4, 0.5) is 14.9 Å². The van der Waals surface area contributed by atoms with E-state index in [4.69, 9.17) is 0 Å². The maximum absolute atomic E-state index is 13.4. The molecule has 1 aliphatic rings. The zero-order valence-electron chi connectivity index (χ0n) is 19.5. The van der Waals surface area contributed by atoms with Crippen LogP contribution in [-0.2, 0) is 6.54 Å². The zero-order chi connectivity index (χ0) is 25.8. The lowest BCUT2D eigenvalue weighted by Crippen LogP contribution is -2.40. The molecule has 0 fully saturated rings. The smallest absolute Gasteiger partial charge is 0.321 e. The molecule has 182 valence electrons. The summed E-state index contributed by atoms with van der Waals surface area (Å²) in [6, 6.07) is 11.8. The molecule has 11 heteroatoms. The quantitative estimate of drug-likeness (QED) is 0.505. The number of nitrogens with one attached hydrogen (secondary N) is 3. The number of rotatable bonds is 5. The summed E-state index contributed by atoms with van der Waals surface area (Å²) in [5.74, 6) is -1.40. The average molecular weight is 487 g/mol. The van der Waals surface area contributed by atoms with Gasteiger partial charge >= 0.3 is 6.03 Å². The summed E-state index contributed by atoms with van der Waals surface area (Å²) in [5.41, 5.74) is 2.74. The number of aryl methyl sites for hydroxylation is 1. The van der Waals surface area contributed by atoms with Gasteiger partial charge in [0.15, 0.2) is 0 Å². The monoisotopic (exact) mass is 487 g/mol. The second-order valence-corrected chi connectivity index (χ2v) is 8.13. The van der Waals surface area contributed by atoms with Crippen molar-refractivity contribution in [3.05, 3.63) is 88.3 Å². The third-order valence-corrected chi connectivity index (χ3v) is 5.76. The van der Waals surface area contributed by atoms with Crippen LogP contribution >= 0.6 is 0 Å². The molecule has 0 saturated heterocycles. The summed E-state index contributed by atoms with van der Waals surface area (Å²) < 4.78 is 13.4. The fraction of sp³-hybridized carbons (Fsp3) is 0.200. The fourth-order valence-corrected chi connectivity index (χ4v) is 3.90. The van der Waals surface area contributed by atoms with E-state index in [0.717, 1.165) is 11.9 Å². The van der Waals surface area contributed by atoms with E-state index in [-0.39, 0.29) is 36.3 Å². The van der Waals surface area contributed by atoms with E-state index < -0.39 is 17.9 Å². The van der Waals surface area contributed by atoms with E-state index in [1.165, 1.54) is 24.1 Å². The van der Waals surface area contributed by atoms with Gasteiger partial charge in [-0.3, -0.25) is 14.5 Å². The molecule has 2 aromatic carbocycles. The van der Waals surface area contributed by atoms with Gasteiger partial charge in [0.25, 0.3) is 11.8 Å². The highest BCUT2D eigenvalue weighted by molar-refractivity contribution is 5.98. The molecule has 0 bridgehead atoms. The van der Waals surface area contributed by atoms with Crippen molar-refractivity contribution < 1.29 is 18.8 Å². The van der Waals surface area contributed by atoms with Crippen LogP contribution in [0.3, 0.4) is 0 Å².